The van der Waals surface area contributed by atoms with Gasteiger partial charge in [-0.3, -0.25) is 4.99 Å². The molecule has 0 fully saturated rings. The van der Waals surface area contributed by atoms with Gasteiger partial charge in [-0.15, -0.1) is 12.4 Å². The summed E-state index contributed by atoms with van der Waals surface area (Å²) < 4.78 is 0. The average Bonchev–Trinajstić information content (AvgIpc) is 2.58. The minimum atomic E-state index is -0.915. The minimum Gasteiger partial charge on any atom is -0.377 e. The van der Waals surface area contributed by atoms with Crippen LogP contribution >= 0.6 is 12.4 Å². The highest BCUT2D eigenvalue weighted by Gasteiger charge is 2.50. The maximum absolute atomic E-state index is 11.3. The van der Waals surface area contributed by atoms with Crippen molar-refractivity contribution in [3.05, 3.63) is 29.8 Å². The Kier molecular flexibility index (Phi) is 4.11. The molecular formula is C17H25ClN2O. The fourth-order valence-corrected chi connectivity index (χ4v) is 3.45. The first-order valence-electron chi connectivity index (χ1n) is 7.48. The summed E-state index contributed by atoms with van der Waals surface area (Å²) in [6.07, 6.45) is 0.722. The Hall–Kier alpha value is -1.06. The van der Waals surface area contributed by atoms with E-state index in [1.54, 1.807) is 0 Å². The molecule has 116 valence electrons. The number of amidine groups is 1. The number of fused-ring (bicyclic) bond motifs is 3. The number of anilines is 1. The Morgan fingerprint density at radius 2 is 1.95 bits per heavy atom. The van der Waals surface area contributed by atoms with Crippen molar-refractivity contribution >= 4 is 23.9 Å². The Bertz CT molecular complexity index is 568. The first-order chi connectivity index (χ1) is 9.33. The van der Waals surface area contributed by atoms with E-state index < -0.39 is 5.60 Å². The van der Waals surface area contributed by atoms with Gasteiger partial charge in [0.1, 0.15) is 11.4 Å². The van der Waals surface area contributed by atoms with Gasteiger partial charge in [-0.2, -0.15) is 0 Å². The summed E-state index contributed by atoms with van der Waals surface area (Å²) in [5, 5.41) is 11.3. The number of halogens is 1. The molecule has 2 aliphatic heterocycles. The predicted molar refractivity (Wildman–Crippen MR) is 90.5 cm³/mol. The standard InChI is InChI=1S/C17H24N2O.ClH/c1-12(2)9-17(20)13-7-5-6-8-14(13)19-11-16(3,4)10-18-15(17)19;/h5-8,12,20H,9-11H2,1-4H3;1H. The third-order valence-electron chi connectivity index (χ3n) is 4.21. The smallest absolute Gasteiger partial charge is 0.149 e. The molecule has 0 spiro atoms. The van der Waals surface area contributed by atoms with Crippen molar-refractivity contribution in [1.29, 1.82) is 0 Å². The third-order valence-corrected chi connectivity index (χ3v) is 4.21. The lowest BCUT2D eigenvalue weighted by molar-refractivity contribution is 0.0883. The van der Waals surface area contributed by atoms with Gasteiger partial charge in [0.05, 0.1) is 0 Å². The van der Waals surface area contributed by atoms with Crippen LogP contribution in [0.25, 0.3) is 0 Å². The fraction of sp³-hybridized carbons (Fsp3) is 0.588. The molecule has 1 N–H and O–H groups in total. The topological polar surface area (TPSA) is 35.8 Å². The maximum Gasteiger partial charge on any atom is 0.149 e. The summed E-state index contributed by atoms with van der Waals surface area (Å²) in [7, 11) is 0. The summed E-state index contributed by atoms with van der Waals surface area (Å²) in [6.45, 7) is 10.5. The zero-order chi connectivity index (χ0) is 14.5. The SMILES string of the molecule is CC(C)CC1(O)C2=NCC(C)(C)CN2c2ccccc21.Cl. The van der Waals surface area contributed by atoms with Gasteiger partial charge in [0.15, 0.2) is 0 Å². The molecule has 1 aromatic rings. The van der Waals surface area contributed by atoms with Gasteiger partial charge in [-0.05, 0) is 18.4 Å². The van der Waals surface area contributed by atoms with Crippen molar-refractivity contribution in [2.75, 3.05) is 18.0 Å². The zero-order valence-electron chi connectivity index (χ0n) is 13.3. The summed E-state index contributed by atoms with van der Waals surface area (Å²) in [5.74, 6) is 1.28. The molecule has 3 rings (SSSR count). The monoisotopic (exact) mass is 308 g/mol. The maximum atomic E-state index is 11.3. The molecule has 0 aliphatic carbocycles. The van der Waals surface area contributed by atoms with Gasteiger partial charge in [0.25, 0.3) is 0 Å². The molecule has 2 heterocycles. The van der Waals surface area contributed by atoms with Crippen molar-refractivity contribution in [2.24, 2.45) is 16.3 Å². The van der Waals surface area contributed by atoms with Crippen LogP contribution in [0.15, 0.2) is 29.3 Å². The van der Waals surface area contributed by atoms with Crippen molar-refractivity contribution in [1.82, 2.24) is 0 Å². The third kappa shape index (κ3) is 2.58. The van der Waals surface area contributed by atoms with Crippen molar-refractivity contribution in [3.8, 4) is 0 Å². The van der Waals surface area contributed by atoms with Gasteiger partial charge < -0.3 is 10.0 Å². The minimum absolute atomic E-state index is 0. The Morgan fingerprint density at radius 3 is 2.62 bits per heavy atom. The fourth-order valence-electron chi connectivity index (χ4n) is 3.45. The second kappa shape index (κ2) is 5.29. The summed E-state index contributed by atoms with van der Waals surface area (Å²) in [4.78, 5) is 6.98. The largest absolute Gasteiger partial charge is 0.377 e. The highest BCUT2D eigenvalue weighted by Crippen LogP contribution is 2.46. The van der Waals surface area contributed by atoms with Gasteiger partial charge in [0, 0.05) is 29.8 Å². The second-order valence-corrected chi connectivity index (χ2v) is 7.37. The Morgan fingerprint density at radius 1 is 1.29 bits per heavy atom. The lowest BCUT2D eigenvalue weighted by atomic mass is 9.85. The van der Waals surface area contributed by atoms with Gasteiger partial charge in [-0.25, -0.2) is 0 Å². The number of aliphatic imine (C=N–C) groups is 1. The van der Waals surface area contributed by atoms with Crippen LogP contribution in [0.2, 0.25) is 0 Å². The summed E-state index contributed by atoms with van der Waals surface area (Å²) >= 11 is 0. The van der Waals surface area contributed by atoms with Crippen LogP contribution in [0.4, 0.5) is 5.69 Å². The molecule has 0 radical (unpaired) electrons. The van der Waals surface area contributed by atoms with Crippen molar-refractivity contribution in [2.45, 2.75) is 39.7 Å². The molecule has 21 heavy (non-hydrogen) atoms. The number of aliphatic hydroxyl groups is 1. The molecule has 0 aromatic heterocycles. The molecule has 0 saturated heterocycles. The first kappa shape index (κ1) is 16.3. The quantitative estimate of drug-likeness (QED) is 0.906. The van der Waals surface area contributed by atoms with E-state index in [4.69, 9.17) is 4.99 Å². The summed E-state index contributed by atoms with van der Waals surface area (Å²) in [6, 6.07) is 8.20. The molecule has 1 atom stereocenters. The van der Waals surface area contributed by atoms with E-state index in [2.05, 4.69) is 38.7 Å². The van der Waals surface area contributed by atoms with Crippen LogP contribution < -0.4 is 4.90 Å². The highest BCUT2D eigenvalue weighted by molar-refractivity contribution is 6.10. The lowest BCUT2D eigenvalue weighted by Crippen LogP contribution is -2.49. The highest BCUT2D eigenvalue weighted by atomic mass is 35.5. The van der Waals surface area contributed by atoms with Gasteiger partial charge in [0.2, 0.25) is 0 Å². The van der Waals surface area contributed by atoms with Crippen LogP contribution in [0.3, 0.4) is 0 Å². The van der Waals surface area contributed by atoms with Crippen LogP contribution in [-0.4, -0.2) is 24.0 Å². The molecule has 1 aromatic carbocycles. The number of para-hydroxylation sites is 1. The molecule has 1 unspecified atom stereocenters. The van der Waals surface area contributed by atoms with E-state index in [0.29, 0.717) is 5.92 Å². The van der Waals surface area contributed by atoms with Gasteiger partial charge >= 0.3 is 0 Å². The van der Waals surface area contributed by atoms with E-state index >= 15 is 0 Å². The number of benzene rings is 1. The predicted octanol–water partition coefficient (Wildman–Crippen LogP) is 3.60. The normalized spacial score (nSPS) is 26.0. The Labute approximate surface area is 133 Å². The van der Waals surface area contributed by atoms with Crippen LogP contribution in [0.5, 0.6) is 0 Å². The second-order valence-electron chi connectivity index (χ2n) is 7.37. The molecule has 4 heteroatoms. The van der Waals surface area contributed by atoms with E-state index in [0.717, 1.165) is 36.6 Å². The zero-order valence-corrected chi connectivity index (χ0v) is 14.1. The molecule has 3 nitrogen and oxygen atoms in total. The van der Waals surface area contributed by atoms with Gasteiger partial charge in [-0.1, -0.05) is 45.9 Å². The first-order valence-corrected chi connectivity index (χ1v) is 7.48. The van der Waals surface area contributed by atoms with Crippen LogP contribution in [0.1, 0.15) is 39.7 Å². The average molecular weight is 309 g/mol. The molecule has 0 amide bonds. The molecule has 0 saturated carbocycles. The van der Waals surface area contributed by atoms with E-state index in [1.165, 1.54) is 0 Å². The van der Waals surface area contributed by atoms with E-state index in [1.807, 2.05) is 18.2 Å². The Balaban J connectivity index is 0.00000161. The number of rotatable bonds is 2. The van der Waals surface area contributed by atoms with E-state index in [9.17, 15) is 5.11 Å². The van der Waals surface area contributed by atoms with Crippen molar-refractivity contribution < 1.29 is 5.11 Å². The lowest BCUT2D eigenvalue weighted by Gasteiger charge is -2.38. The molecular weight excluding hydrogens is 284 g/mol. The van der Waals surface area contributed by atoms with Crippen LogP contribution in [0, 0.1) is 11.3 Å². The number of hydrogen-bond acceptors (Lipinski definition) is 3. The molecule has 2 aliphatic rings. The number of hydrogen-bond donors (Lipinski definition) is 1. The van der Waals surface area contributed by atoms with Crippen molar-refractivity contribution in [3.63, 3.8) is 0 Å². The number of nitrogens with zero attached hydrogens (tertiary/aromatic N) is 2. The van der Waals surface area contributed by atoms with Crippen LogP contribution in [-0.2, 0) is 5.60 Å². The summed E-state index contributed by atoms with van der Waals surface area (Å²) in [5.41, 5.74) is 1.38. The van der Waals surface area contributed by atoms with E-state index in [-0.39, 0.29) is 17.8 Å². The molecule has 0 bridgehead atoms.